The van der Waals surface area contributed by atoms with Crippen LogP contribution in [-0.4, -0.2) is 16.0 Å². The second-order valence-corrected chi connectivity index (χ2v) is 4.28. The van der Waals surface area contributed by atoms with Crippen LogP contribution in [0.1, 0.15) is 11.3 Å². The van der Waals surface area contributed by atoms with Crippen LogP contribution in [0, 0.1) is 6.92 Å². The largest absolute Gasteiger partial charge is 0.459 e. The standard InChI is InChI=1S/C12H10F5N3/c1-7-2-3-9(8(18)6-7)20-5-4-10(19-20)11(13,14)12(15,16)17/h2-6H,18H2,1H3. The van der Waals surface area contributed by atoms with Crippen LogP contribution >= 0.6 is 0 Å². The molecule has 20 heavy (non-hydrogen) atoms. The first kappa shape index (κ1) is 14.3. The Kier molecular flexibility index (Phi) is 3.19. The van der Waals surface area contributed by atoms with Crippen molar-refractivity contribution in [2.24, 2.45) is 0 Å². The van der Waals surface area contributed by atoms with E-state index in [0.29, 0.717) is 6.07 Å². The maximum Gasteiger partial charge on any atom is 0.459 e. The third kappa shape index (κ3) is 2.33. The maximum absolute atomic E-state index is 13.1. The number of hydrogen-bond acceptors (Lipinski definition) is 2. The fourth-order valence-corrected chi connectivity index (χ4v) is 1.65. The van der Waals surface area contributed by atoms with Gasteiger partial charge in [0.2, 0.25) is 0 Å². The molecule has 0 fully saturated rings. The van der Waals surface area contributed by atoms with E-state index in [1.165, 1.54) is 6.07 Å². The van der Waals surface area contributed by atoms with Crippen molar-refractivity contribution in [3.63, 3.8) is 0 Å². The molecule has 1 heterocycles. The Morgan fingerprint density at radius 2 is 1.75 bits per heavy atom. The molecule has 0 aliphatic rings. The fourth-order valence-electron chi connectivity index (χ4n) is 1.65. The van der Waals surface area contributed by atoms with Crippen molar-refractivity contribution in [1.82, 2.24) is 9.78 Å². The van der Waals surface area contributed by atoms with Crippen LogP contribution in [-0.2, 0) is 5.92 Å². The summed E-state index contributed by atoms with van der Waals surface area (Å²) in [6.07, 6.45) is -4.68. The van der Waals surface area contributed by atoms with Gasteiger partial charge in [-0.25, -0.2) is 4.68 Å². The van der Waals surface area contributed by atoms with Crippen molar-refractivity contribution in [3.05, 3.63) is 41.7 Å². The van der Waals surface area contributed by atoms with Crippen molar-refractivity contribution < 1.29 is 22.0 Å². The highest BCUT2D eigenvalue weighted by Crippen LogP contribution is 2.43. The Labute approximate surface area is 110 Å². The lowest BCUT2D eigenvalue weighted by atomic mass is 10.2. The zero-order chi connectivity index (χ0) is 15.1. The van der Waals surface area contributed by atoms with Crippen LogP contribution in [0.5, 0.6) is 0 Å². The summed E-state index contributed by atoms with van der Waals surface area (Å²) in [5.74, 6) is -5.00. The summed E-state index contributed by atoms with van der Waals surface area (Å²) in [6.45, 7) is 1.77. The minimum atomic E-state index is -5.69. The molecule has 0 aliphatic carbocycles. The highest BCUT2D eigenvalue weighted by atomic mass is 19.4. The zero-order valence-electron chi connectivity index (χ0n) is 10.2. The smallest absolute Gasteiger partial charge is 0.397 e. The molecule has 0 radical (unpaired) electrons. The molecule has 0 amide bonds. The molecular weight excluding hydrogens is 281 g/mol. The van der Waals surface area contributed by atoms with E-state index in [-0.39, 0.29) is 11.4 Å². The lowest BCUT2D eigenvalue weighted by molar-refractivity contribution is -0.291. The minimum absolute atomic E-state index is 0.231. The van der Waals surface area contributed by atoms with E-state index >= 15 is 0 Å². The van der Waals surface area contributed by atoms with Gasteiger partial charge in [-0.05, 0) is 30.7 Å². The first-order chi connectivity index (χ1) is 9.13. The monoisotopic (exact) mass is 291 g/mol. The molecule has 2 N–H and O–H groups in total. The van der Waals surface area contributed by atoms with Gasteiger partial charge in [0.15, 0.2) is 0 Å². The zero-order valence-corrected chi connectivity index (χ0v) is 10.2. The number of aromatic nitrogens is 2. The fraction of sp³-hybridized carbons (Fsp3) is 0.250. The molecule has 0 unspecified atom stereocenters. The number of benzene rings is 1. The van der Waals surface area contributed by atoms with Crippen molar-refractivity contribution in [2.45, 2.75) is 19.0 Å². The lowest BCUT2D eigenvalue weighted by Gasteiger charge is -2.17. The molecule has 0 saturated heterocycles. The minimum Gasteiger partial charge on any atom is -0.397 e. The number of halogens is 5. The SMILES string of the molecule is Cc1ccc(-n2ccc(C(F)(F)C(F)(F)F)n2)c(N)c1. The van der Waals surface area contributed by atoms with E-state index < -0.39 is 17.8 Å². The summed E-state index contributed by atoms with van der Waals surface area (Å²) >= 11 is 0. The molecule has 0 aliphatic heterocycles. The van der Waals surface area contributed by atoms with Gasteiger partial charge < -0.3 is 5.73 Å². The highest BCUT2D eigenvalue weighted by Gasteiger charge is 2.60. The van der Waals surface area contributed by atoms with Gasteiger partial charge in [-0.2, -0.15) is 27.1 Å². The summed E-state index contributed by atoms with van der Waals surface area (Å²) in [5, 5.41) is 3.28. The number of nitrogen functional groups attached to an aromatic ring is 1. The van der Waals surface area contributed by atoms with Gasteiger partial charge in [0.05, 0.1) is 11.4 Å². The van der Waals surface area contributed by atoms with Crippen LogP contribution < -0.4 is 5.73 Å². The topological polar surface area (TPSA) is 43.8 Å². The van der Waals surface area contributed by atoms with E-state index in [2.05, 4.69) is 5.10 Å². The summed E-state index contributed by atoms with van der Waals surface area (Å²) in [4.78, 5) is 0. The van der Waals surface area contributed by atoms with E-state index in [9.17, 15) is 22.0 Å². The quantitative estimate of drug-likeness (QED) is 0.680. The number of rotatable bonds is 2. The Balaban J connectivity index is 2.44. The third-order valence-electron chi connectivity index (χ3n) is 2.70. The molecule has 3 nitrogen and oxygen atoms in total. The Morgan fingerprint density at radius 3 is 2.30 bits per heavy atom. The number of anilines is 1. The number of nitrogens with two attached hydrogens (primary N) is 1. The van der Waals surface area contributed by atoms with Crippen LogP contribution in [0.3, 0.4) is 0 Å². The van der Waals surface area contributed by atoms with Gasteiger partial charge >= 0.3 is 12.1 Å². The number of hydrogen-bond donors (Lipinski definition) is 1. The molecule has 0 bridgehead atoms. The first-order valence-electron chi connectivity index (χ1n) is 5.50. The summed E-state index contributed by atoms with van der Waals surface area (Å²) < 4.78 is 63.9. The van der Waals surface area contributed by atoms with Gasteiger partial charge in [0.1, 0.15) is 5.69 Å². The maximum atomic E-state index is 13.1. The average molecular weight is 291 g/mol. The first-order valence-corrected chi connectivity index (χ1v) is 5.50. The summed E-state index contributed by atoms with van der Waals surface area (Å²) in [6, 6.07) is 5.33. The molecule has 1 aromatic carbocycles. The van der Waals surface area contributed by atoms with E-state index in [1.807, 2.05) is 0 Å². The van der Waals surface area contributed by atoms with Gasteiger partial charge in [-0.3, -0.25) is 0 Å². The van der Waals surface area contributed by atoms with E-state index in [1.54, 1.807) is 19.1 Å². The van der Waals surface area contributed by atoms with Gasteiger partial charge in [0, 0.05) is 6.20 Å². The lowest BCUT2D eigenvalue weighted by Crippen LogP contribution is -2.34. The second-order valence-electron chi connectivity index (χ2n) is 4.28. The Hall–Kier alpha value is -2.12. The Bertz CT molecular complexity index is 630. The summed E-state index contributed by atoms with van der Waals surface area (Å²) in [5.41, 5.74) is 5.62. The number of aryl methyl sites for hydroxylation is 1. The van der Waals surface area contributed by atoms with Crippen LogP contribution in [0.15, 0.2) is 30.5 Å². The number of alkyl halides is 5. The molecule has 8 heteroatoms. The normalized spacial score (nSPS) is 12.7. The van der Waals surface area contributed by atoms with Gasteiger partial charge in [-0.1, -0.05) is 6.07 Å². The molecule has 108 valence electrons. The Morgan fingerprint density at radius 1 is 1.10 bits per heavy atom. The van der Waals surface area contributed by atoms with Crippen LogP contribution in [0.2, 0.25) is 0 Å². The average Bonchev–Trinajstić information content (AvgIpc) is 2.77. The van der Waals surface area contributed by atoms with Crippen LogP contribution in [0.4, 0.5) is 27.6 Å². The van der Waals surface area contributed by atoms with Crippen molar-refractivity contribution in [1.29, 1.82) is 0 Å². The molecule has 0 spiro atoms. The predicted octanol–water partition coefficient (Wildman–Crippen LogP) is 3.42. The second kappa shape index (κ2) is 4.46. The predicted molar refractivity (Wildman–Crippen MR) is 62.7 cm³/mol. The molecular formula is C12H10F5N3. The van der Waals surface area contributed by atoms with E-state index in [0.717, 1.165) is 16.4 Å². The van der Waals surface area contributed by atoms with Crippen molar-refractivity contribution >= 4 is 5.69 Å². The van der Waals surface area contributed by atoms with Gasteiger partial charge in [-0.15, -0.1) is 0 Å². The van der Waals surface area contributed by atoms with Crippen LogP contribution in [0.25, 0.3) is 5.69 Å². The molecule has 1 aromatic heterocycles. The number of nitrogens with zero attached hydrogens (tertiary/aromatic N) is 2. The molecule has 0 atom stereocenters. The molecule has 0 saturated carbocycles. The van der Waals surface area contributed by atoms with Crippen molar-refractivity contribution in [2.75, 3.05) is 5.73 Å². The molecule has 2 rings (SSSR count). The summed E-state index contributed by atoms with van der Waals surface area (Å²) in [7, 11) is 0. The molecule has 2 aromatic rings. The van der Waals surface area contributed by atoms with Gasteiger partial charge in [0.25, 0.3) is 0 Å². The third-order valence-corrected chi connectivity index (χ3v) is 2.70. The van der Waals surface area contributed by atoms with Crippen molar-refractivity contribution in [3.8, 4) is 5.69 Å². The van der Waals surface area contributed by atoms with E-state index in [4.69, 9.17) is 5.73 Å². The highest BCUT2D eigenvalue weighted by molar-refractivity contribution is 5.58.